The van der Waals surface area contributed by atoms with Crippen molar-refractivity contribution in [2.75, 3.05) is 0 Å². The average molecular weight is 240 g/mol. The van der Waals surface area contributed by atoms with Crippen LogP contribution in [0.5, 0.6) is 0 Å². The summed E-state index contributed by atoms with van der Waals surface area (Å²) in [7, 11) is 0. The SMILES string of the molecule is CCCCC(C=O)(CC)CCCC(C=O)CC. The topological polar surface area (TPSA) is 34.1 Å². The van der Waals surface area contributed by atoms with Crippen LogP contribution in [0.15, 0.2) is 0 Å². The molecule has 0 aromatic rings. The van der Waals surface area contributed by atoms with Crippen molar-refractivity contribution in [3.63, 3.8) is 0 Å². The molecule has 0 bridgehead atoms. The van der Waals surface area contributed by atoms with Crippen LogP contribution in [0, 0.1) is 11.3 Å². The van der Waals surface area contributed by atoms with Gasteiger partial charge in [-0.15, -0.1) is 0 Å². The van der Waals surface area contributed by atoms with Crippen molar-refractivity contribution < 1.29 is 9.59 Å². The Labute approximate surface area is 106 Å². The third-order valence-corrected chi connectivity index (χ3v) is 3.95. The molecule has 0 aromatic heterocycles. The van der Waals surface area contributed by atoms with Gasteiger partial charge in [0.2, 0.25) is 0 Å². The second-order valence-electron chi connectivity index (χ2n) is 5.13. The maximum Gasteiger partial charge on any atom is 0.126 e. The van der Waals surface area contributed by atoms with E-state index >= 15 is 0 Å². The fraction of sp³-hybridized carbons (Fsp3) is 0.867. The van der Waals surface area contributed by atoms with Gasteiger partial charge in [0.05, 0.1) is 0 Å². The van der Waals surface area contributed by atoms with Crippen LogP contribution in [0.3, 0.4) is 0 Å². The van der Waals surface area contributed by atoms with Gasteiger partial charge >= 0.3 is 0 Å². The molecule has 0 radical (unpaired) electrons. The first-order valence-electron chi connectivity index (χ1n) is 7.09. The predicted octanol–water partition coefficient (Wildman–Crippen LogP) is 4.17. The van der Waals surface area contributed by atoms with Crippen LogP contribution >= 0.6 is 0 Å². The van der Waals surface area contributed by atoms with Crippen molar-refractivity contribution >= 4 is 12.6 Å². The van der Waals surface area contributed by atoms with Gasteiger partial charge in [0.25, 0.3) is 0 Å². The van der Waals surface area contributed by atoms with Crippen molar-refractivity contribution in [1.82, 2.24) is 0 Å². The number of hydrogen-bond donors (Lipinski definition) is 0. The molecule has 2 heteroatoms. The van der Waals surface area contributed by atoms with E-state index in [1.807, 2.05) is 6.92 Å². The highest BCUT2D eigenvalue weighted by Gasteiger charge is 2.26. The Balaban J connectivity index is 4.15. The normalized spacial score (nSPS) is 16.2. The van der Waals surface area contributed by atoms with Gasteiger partial charge in [-0.2, -0.15) is 0 Å². The third kappa shape index (κ3) is 5.99. The van der Waals surface area contributed by atoms with E-state index in [1.165, 1.54) is 0 Å². The van der Waals surface area contributed by atoms with Gasteiger partial charge in [0, 0.05) is 11.3 Å². The van der Waals surface area contributed by atoms with Gasteiger partial charge in [-0.25, -0.2) is 0 Å². The second kappa shape index (κ2) is 9.38. The highest BCUT2D eigenvalue weighted by molar-refractivity contribution is 5.59. The van der Waals surface area contributed by atoms with Crippen molar-refractivity contribution in [3.05, 3.63) is 0 Å². The van der Waals surface area contributed by atoms with Crippen molar-refractivity contribution in [3.8, 4) is 0 Å². The minimum absolute atomic E-state index is 0.128. The Kier molecular flexibility index (Phi) is 9.01. The standard InChI is InChI=1S/C15H28O2/c1-4-7-10-15(6-3,13-17)11-8-9-14(5-2)12-16/h12-14H,4-11H2,1-3H3. The summed E-state index contributed by atoms with van der Waals surface area (Å²) in [5.41, 5.74) is -0.128. The minimum atomic E-state index is -0.128. The highest BCUT2D eigenvalue weighted by atomic mass is 16.1. The molecule has 0 aromatic carbocycles. The first-order chi connectivity index (χ1) is 8.17. The zero-order valence-corrected chi connectivity index (χ0v) is 11.7. The van der Waals surface area contributed by atoms with Crippen LogP contribution < -0.4 is 0 Å². The molecule has 0 saturated carbocycles. The molecule has 0 saturated heterocycles. The lowest BCUT2D eigenvalue weighted by Gasteiger charge is -2.26. The molecule has 2 atom stereocenters. The molecule has 0 aliphatic carbocycles. The molecule has 100 valence electrons. The molecule has 17 heavy (non-hydrogen) atoms. The maximum absolute atomic E-state index is 11.3. The summed E-state index contributed by atoms with van der Waals surface area (Å²) in [6.07, 6.45) is 10.2. The monoisotopic (exact) mass is 240 g/mol. The second-order valence-corrected chi connectivity index (χ2v) is 5.13. The molecule has 0 rings (SSSR count). The number of carbonyl (C=O) groups is 2. The molecule has 2 unspecified atom stereocenters. The van der Waals surface area contributed by atoms with Gasteiger partial charge < -0.3 is 9.59 Å². The van der Waals surface area contributed by atoms with Gasteiger partial charge in [0.1, 0.15) is 12.6 Å². The summed E-state index contributed by atoms with van der Waals surface area (Å²) >= 11 is 0. The molecule has 0 aliphatic heterocycles. The lowest BCUT2D eigenvalue weighted by atomic mass is 9.77. The Morgan fingerprint density at radius 1 is 1.06 bits per heavy atom. The first kappa shape index (κ1) is 16.3. The molecule has 0 heterocycles. The van der Waals surface area contributed by atoms with Crippen LogP contribution in [0.2, 0.25) is 0 Å². The largest absolute Gasteiger partial charge is 0.303 e. The van der Waals surface area contributed by atoms with Crippen molar-refractivity contribution in [1.29, 1.82) is 0 Å². The molecular weight excluding hydrogens is 212 g/mol. The first-order valence-corrected chi connectivity index (χ1v) is 7.09. The molecule has 0 N–H and O–H groups in total. The summed E-state index contributed by atoms with van der Waals surface area (Å²) in [4.78, 5) is 22.0. The number of rotatable bonds is 11. The molecule has 0 aliphatic rings. The quantitative estimate of drug-likeness (QED) is 0.508. The van der Waals surface area contributed by atoms with E-state index in [1.54, 1.807) is 0 Å². The van der Waals surface area contributed by atoms with Gasteiger partial charge in [0.15, 0.2) is 0 Å². The van der Waals surface area contributed by atoms with E-state index in [-0.39, 0.29) is 11.3 Å². The number of unbranched alkanes of at least 4 members (excludes halogenated alkanes) is 1. The number of carbonyl (C=O) groups excluding carboxylic acids is 2. The fourth-order valence-electron chi connectivity index (χ4n) is 2.29. The Hall–Kier alpha value is -0.660. The lowest BCUT2D eigenvalue weighted by molar-refractivity contribution is -0.117. The molecule has 0 amide bonds. The van der Waals surface area contributed by atoms with Crippen LogP contribution in [0.1, 0.15) is 72.1 Å². The molecule has 0 spiro atoms. The Morgan fingerprint density at radius 3 is 2.12 bits per heavy atom. The smallest absolute Gasteiger partial charge is 0.126 e. The van der Waals surface area contributed by atoms with Crippen LogP contribution in [0.25, 0.3) is 0 Å². The summed E-state index contributed by atoms with van der Waals surface area (Å²) in [5, 5.41) is 0. The van der Waals surface area contributed by atoms with E-state index in [4.69, 9.17) is 0 Å². The van der Waals surface area contributed by atoms with E-state index in [9.17, 15) is 9.59 Å². The molecule has 2 nitrogen and oxygen atoms in total. The number of hydrogen-bond acceptors (Lipinski definition) is 2. The predicted molar refractivity (Wildman–Crippen MR) is 72.0 cm³/mol. The maximum atomic E-state index is 11.3. The third-order valence-electron chi connectivity index (χ3n) is 3.95. The summed E-state index contributed by atoms with van der Waals surface area (Å²) in [6, 6.07) is 0. The van der Waals surface area contributed by atoms with E-state index in [2.05, 4.69) is 13.8 Å². The molecule has 0 fully saturated rings. The fourth-order valence-corrected chi connectivity index (χ4v) is 2.29. The van der Waals surface area contributed by atoms with E-state index in [0.29, 0.717) is 0 Å². The van der Waals surface area contributed by atoms with Crippen molar-refractivity contribution in [2.45, 2.75) is 72.1 Å². The lowest BCUT2D eigenvalue weighted by Crippen LogP contribution is -2.22. The number of aldehydes is 2. The van der Waals surface area contributed by atoms with Gasteiger partial charge in [-0.1, -0.05) is 40.0 Å². The van der Waals surface area contributed by atoms with Crippen molar-refractivity contribution in [2.24, 2.45) is 11.3 Å². The zero-order valence-electron chi connectivity index (χ0n) is 11.7. The summed E-state index contributed by atoms with van der Waals surface area (Å²) in [6.45, 7) is 6.30. The Morgan fingerprint density at radius 2 is 1.71 bits per heavy atom. The summed E-state index contributed by atoms with van der Waals surface area (Å²) in [5.74, 6) is 0.183. The zero-order chi connectivity index (χ0) is 13.1. The average Bonchev–Trinajstić information content (AvgIpc) is 2.39. The van der Waals surface area contributed by atoms with Crippen LogP contribution in [0.4, 0.5) is 0 Å². The van der Waals surface area contributed by atoms with E-state index < -0.39 is 0 Å². The van der Waals surface area contributed by atoms with Crippen LogP contribution in [-0.2, 0) is 9.59 Å². The minimum Gasteiger partial charge on any atom is -0.303 e. The highest BCUT2D eigenvalue weighted by Crippen LogP contribution is 2.33. The van der Waals surface area contributed by atoms with Crippen LogP contribution in [-0.4, -0.2) is 12.6 Å². The van der Waals surface area contributed by atoms with E-state index in [0.717, 1.165) is 63.9 Å². The Bertz CT molecular complexity index is 213. The summed E-state index contributed by atoms with van der Waals surface area (Å²) < 4.78 is 0. The molecular formula is C15H28O2. The van der Waals surface area contributed by atoms with Gasteiger partial charge in [-0.3, -0.25) is 0 Å². The van der Waals surface area contributed by atoms with Gasteiger partial charge in [-0.05, 0) is 32.1 Å².